The second kappa shape index (κ2) is 8.36. The number of thiocarbonyl (C=S) groups is 1. The summed E-state index contributed by atoms with van der Waals surface area (Å²) < 4.78 is 0. The van der Waals surface area contributed by atoms with Gasteiger partial charge in [0.25, 0.3) is 0 Å². The second-order valence-corrected chi connectivity index (χ2v) is 7.59. The van der Waals surface area contributed by atoms with Crippen molar-refractivity contribution in [1.29, 1.82) is 0 Å². The molecule has 0 saturated carbocycles. The fraction of sp³-hybridized carbons (Fsp3) is 0.208. The van der Waals surface area contributed by atoms with Crippen molar-refractivity contribution in [3.8, 4) is 0 Å². The Morgan fingerprint density at radius 3 is 2.07 bits per heavy atom. The molecule has 0 aliphatic carbocycles. The molecular weight excluding hydrogens is 348 g/mol. The molecule has 0 amide bonds. The highest BCUT2D eigenvalue weighted by Gasteiger charge is 2.17. The fourth-order valence-corrected chi connectivity index (χ4v) is 3.72. The molecule has 27 heavy (non-hydrogen) atoms. The first-order valence-electron chi connectivity index (χ1n) is 9.20. The Balaban J connectivity index is 1.88. The molecule has 3 heteroatoms. The topological polar surface area (TPSA) is 24.1 Å². The molecule has 2 nitrogen and oxygen atoms in total. The molecule has 0 aliphatic rings. The molecule has 0 aliphatic heterocycles. The zero-order valence-electron chi connectivity index (χ0n) is 16.3. The maximum atomic E-state index is 5.65. The molecular formula is C24H26N2S. The number of hydrogen-bond donors (Lipinski definition) is 2. The molecule has 0 radical (unpaired) electrons. The summed E-state index contributed by atoms with van der Waals surface area (Å²) in [5.41, 5.74) is 8.39. The van der Waals surface area contributed by atoms with Gasteiger partial charge < -0.3 is 10.6 Å². The van der Waals surface area contributed by atoms with Gasteiger partial charge >= 0.3 is 0 Å². The lowest BCUT2D eigenvalue weighted by Gasteiger charge is -2.24. The van der Waals surface area contributed by atoms with Gasteiger partial charge in [0.1, 0.15) is 0 Å². The highest BCUT2D eigenvalue weighted by atomic mass is 32.1. The molecule has 0 fully saturated rings. The maximum absolute atomic E-state index is 5.65. The minimum Gasteiger partial charge on any atom is -0.352 e. The molecule has 0 bridgehead atoms. The molecule has 0 saturated heterocycles. The first-order valence-corrected chi connectivity index (χ1v) is 9.61. The molecule has 1 atom stereocenters. The van der Waals surface area contributed by atoms with Crippen molar-refractivity contribution in [2.75, 3.05) is 5.32 Å². The Labute approximate surface area is 167 Å². The SMILES string of the molecule is Cc1cc(C)cc(NC(=S)N[C@H](c2ccccc2)c2ccc(C)cc2C)c1. The van der Waals surface area contributed by atoms with Crippen LogP contribution < -0.4 is 10.6 Å². The van der Waals surface area contributed by atoms with Crippen LogP contribution in [0.4, 0.5) is 5.69 Å². The van der Waals surface area contributed by atoms with Crippen LogP contribution in [0, 0.1) is 27.7 Å². The van der Waals surface area contributed by atoms with E-state index in [9.17, 15) is 0 Å². The van der Waals surface area contributed by atoms with Gasteiger partial charge in [0.05, 0.1) is 6.04 Å². The van der Waals surface area contributed by atoms with Crippen molar-refractivity contribution in [2.45, 2.75) is 33.7 Å². The predicted molar refractivity (Wildman–Crippen MR) is 119 cm³/mol. The van der Waals surface area contributed by atoms with Crippen molar-refractivity contribution < 1.29 is 0 Å². The lowest BCUT2D eigenvalue weighted by molar-refractivity contribution is 0.762. The van der Waals surface area contributed by atoms with Gasteiger partial charge in [0.2, 0.25) is 0 Å². The minimum absolute atomic E-state index is 0.00212. The first kappa shape index (κ1) is 19.1. The molecule has 2 N–H and O–H groups in total. The van der Waals surface area contributed by atoms with E-state index in [4.69, 9.17) is 12.2 Å². The monoisotopic (exact) mass is 374 g/mol. The summed E-state index contributed by atoms with van der Waals surface area (Å²) in [6, 6.07) is 23.4. The van der Waals surface area contributed by atoms with Gasteiger partial charge in [-0.05, 0) is 79.9 Å². The van der Waals surface area contributed by atoms with Crippen LogP contribution in [0.1, 0.15) is 39.4 Å². The quantitative estimate of drug-likeness (QED) is 0.548. The summed E-state index contributed by atoms with van der Waals surface area (Å²) in [7, 11) is 0. The van der Waals surface area contributed by atoms with Gasteiger partial charge in [-0.3, -0.25) is 0 Å². The van der Waals surface area contributed by atoms with E-state index < -0.39 is 0 Å². The third-order valence-electron chi connectivity index (χ3n) is 4.62. The minimum atomic E-state index is -0.00212. The Morgan fingerprint density at radius 1 is 0.778 bits per heavy atom. The average Bonchev–Trinajstić information content (AvgIpc) is 2.60. The van der Waals surface area contributed by atoms with Gasteiger partial charge in [-0.1, -0.05) is 60.2 Å². The van der Waals surface area contributed by atoms with E-state index in [1.807, 2.05) is 6.07 Å². The van der Waals surface area contributed by atoms with Crippen LogP contribution >= 0.6 is 12.2 Å². The number of aryl methyl sites for hydroxylation is 4. The number of hydrogen-bond acceptors (Lipinski definition) is 1. The Kier molecular flexibility index (Phi) is 5.92. The molecule has 3 aromatic carbocycles. The lowest BCUT2D eigenvalue weighted by Crippen LogP contribution is -2.33. The van der Waals surface area contributed by atoms with Crippen molar-refractivity contribution >= 4 is 23.0 Å². The van der Waals surface area contributed by atoms with E-state index >= 15 is 0 Å². The average molecular weight is 375 g/mol. The van der Waals surface area contributed by atoms with Gasteiger partial charge in [-0.25, -0.2) is 0 Å². The molecule has 138 valence electrons. The zero-order valence-corrected chi connectivity index (χ0v) is 17.2. The normalized spacial score (nSPS) is 11.7. The number of nitrogens with one attached hydrogen (secondary N) is 2. The molecule has 0 unspecified atom stereocenters. The maximum Gasteiger partial charge on any atom is 0.171 e. The molecule has 0 aromatic heterocycles. The molecule has 3 aromatic rings. The van der Waals surface area contributed by atoms with Crippen molar-refractivity contribution in [1.82, 2.24) is 5.32 Å². The van der Waals surface area contributed by atoms with Gasteiger partial charge in [0, 0.05) is 5.69 Å². The fourth-order valence-electron chi connectivity index (χ4n) is 3.48. The van der Waals surface area contributed by atoms with E-state index in [2.05, 4.69) is 99.0 Å². The molecule has 3 rings (SSSR count). The summed E-state index contributed by atoms with van der Waals surface area (Å²) in [5, 5.41) is 7.48. The summed E-state index contributed by atoms with van der Waals surface area (Å²) in [6.07, 6.45) is 0. The number of rotatable bonds is 4. The third-order valence-corrected chi connectivity index (χ3v) is 4.84. The lowest BCUT2D eigenvalue weighted by atomic mass is 9.94. The van der Waals surface area contributed by atoms with E-state index in [1.54, 1.807) is 0 Å². The van der Waals surface area contributed by atoms with Gasteiger partial charge in [-0.15, -0.1) is 0 Å². The standard InChI is InChI=1S/C24H26N2S/c1-16-10-11-22(19(4)13-16)23(20-8-6-5-7-9-20)26-24(27)25-21-14-17(2)12-18(3)15-21/h5-15,23H,1-4H3,(H2,25,26,27)/t23-/m1/s1. The molecule has 0 heterocycles. The smallest absolute Gasteiger partial charge is 0.171 e. The van der Waals surface area contributed by atoms with E-state index in [1.165, 1.54) is 33.4 Å². The Bertz CT molecular complexity index is 928. The summed E-state index contributed by atoms with van der Waals surface area (Å²) >= 11 is 5.65. The van der Waals surface area contributed by atoms with Crippen LogP contribution in [0.5, 0.6) is 0 Å². The van der Waals surface area contributed by atoms with Crippen molar-refractivity contribution in [2.24, 2.45) is 0 Å². The first-order chi connectivity index (χ1) is 12.9. The van der Waals surface area contributed by atoms with E-state index in [0.717, 1.165) is 5.69 Å². The van der Waals surface area contributed by atoms with Crippen LogP contribution in [0.2, 0.25) is 0 Å². The Morgan fingerprint density at radius 2 is 1.44 bits per heavy atom. The Hall–Kier alpha value is -2.65. The summed E-state index contributed by atoms with van der Waals surface area (Å²) in [5.74, 6) is 0. The highest BCUT2D eigenvalue weighted by Crippen LogP contribution is 2.26. The van der Waals surface area contributed by atoms with Crippen LogP contribution in [-0.2, 0) is 0 Å². The second-order valence-electron chi connectivity index (χ2n) is 7.18. The number of benzene rings is 3. The number of anilines is 1. The molecule has 0 spiro atoms. The highest BCUT2D eigenvalue weighted by molar-refractivity contribution is 7.80. The van der Waals surface area contributed by atoms with Crippen molar-refractivity contribution in [3.05, 3.63) is 100 Å². The van der Waals surface area contributed by atoms with Crippen LogP contribution in [0.15, 0.2) is 66.7 Å². The summed E-state index contributed by atoms with van der Waals surface area (Å²) in [6.45, 7) is 8.46. The van der Waals surface area contributed by atoms with Crippen LogP contribution in [0.3, 0.4) is 0 Å². The van der Waals surface area contributed by atoms with Crippen LogP contribution in [0.25, 0.3) is 0 Å². The zero-order chi connectivity index (χ0) is 19.4. The van der Waals surface area contributed by atoms with E-state index in [0.29, 0.717) is 5.11 Å². The van der Waals surface area contributed by atoms with E-state index in [-0.39, 0.29) is 6.04 Å². The third kappa shape index (κ3) is 4.95. The van der Waals surface area contributed by atoms with Gasteiger partial charge in [0.15, 0.2) is 5.11 Å². The van der Waals surface area contributed by atoms with Gasteiger partial charge in [-0.2, -0.15) is 0 Å². The largest absolute Gasteiger partial charge is 0.352 e. The summed E-state index contributed by atoms with van der Waals surface area (Å²) in [4.78, 5) is 0. The predicted octanol–water partition coefficient (Wildman–Crippen LogP) is 6.00. The van der Waals surface area contributed by atoms with Crippen LogP contribution in [-0.4, -0.2) is 5.11 Å². The van der Waals surface area contributed by atoms with Crippen molar-refractivity contribution in [3.63, 3.8) is 0 Å².